The predicted octanol–water partition coefficient (Wildman–Crippen LogP) is 2.72. The van der Waals surface area contributed by atoms with Crippen LogP contribution in [-0.4, -0.2) is 72.9 Å². The summed E-state index contributed by atoms with van der Waals surface area (Å²) in [7, 11) is 1.50. The van der Waals surface area contributed by atoms with Gasteiger partial charge in [0.15, 0.2) is 0 Å². The van der Waals surface area contributed by atoms with Crippen LogP contribution < -0.4 is 5.32 Å². The summed E-state index contributed by atoms with van der Waals surface area (Å²) in [5.41, 5.74) is -3.21. The molecule has 34 heavy (non-hydrogen) atoms. The van der Waals surface area contributed by atoms with Gasteiger partial charge >= 0.3 is 11.9 Å². The first-order chi connectivity index (χ1) is 15.6. The predicted molar refractivity (Wildman–Crippen MR) is 131 cm³/mol. The summed E-state index contributed by atoms with van der Waals surface area (Å²) in [6.45, 7) is 11.8. The number of aliphatic hydroxyl groups is 1. The van der Waals surface area contributed by atoms with E-state index in [1.807, 2.05) is 6.92 Å². The normalized spacial score (nSPS) is 15.6. The quantitative estimate of drug-likeness (QED) is 0.255. The first kappa shape index (κ1) is 32.4. The van der Waals surface area contributed by atoms with Crippen molar-refractivity contribution in [2.24, 2.45) is 16.7 Å². The number of nitrogens with one attached hydrogen (secondary N) is 1. The topological polar surface area (TPSA) is 128 Å². The third-order valence-electron chi connectivity index (χ3n) is 5.76. The molecule has 1 amide bonds. The summed E-state index contributed by atoms with van der Waals surface area (Å²) in [5.74, 6) is -2.25. The molecule has 0 aliphatic carbocycles. The number of amides is 1. The highest BCUT2D eigenvalue weighted by Crippen LogP contribution is 2.38. The molecule has 0 aromatic carbocycles. The molecule has 0 aromatic rings. The Morgan fingerprint density at radius 3 is 2.03 bits per heavy atom. The molecule has 0 aliphatic rings. The van der Waals surface area contributed by atoms with E-state index in [1.54, 1.807) is 40.9 Å². The summed E-state index contributed by atoms with van der Waals surface area (Å²) in [6.07, 6.45) is 1.38. The van der Waals surface area contributed by atoms with Gasteiger partial charge in [0.05, 0.1) is 23.5 Å². The highest BCUT2D eigenvalue weighted by Gasteiger charge is 2.43. The van der Waals surface area contributed by atoms with Crippen LogP contribution >= 0.6 is 11.8 Å². The van der Waals surface area contributed by atoms with Crippen molar-refractivity contribution in [2.45, 2.75) is 79.4 Å². The molecule has 0 bridgehead atoms. The third-order valence-corrected chi connectivity index (χ3v) is 6.64. The third kappa shape index (κ3) is 10.3. The number of aliphatic hydroxyl groups excluding tert-OH is 1. The second-order valence-electron chi connectivity index (χ2n) is 10.1. The highest BCUT2D eigenvalue weighted by atomic mass is 32.2. The summed E-state index contributed by atoms with van der Waals surface area (Å²) in [4.78, 5) is 51.2. The van der Waals surface area contributed by atoms with E-state index in [0.29, 0.717) is 6.42 Å². The van der Waals surface area contributed by atoms with E-state index in [9.17, 15) is 24.3 Å². The van der Waals surface area contributed by atoms with Crippen LogP contribution in [0.15, 0.2) is 0 Å². The minimum absolute atomic E-state index is 0.0865. The van der Waals surface area contributed by atoms with E-state index in [0.717, 1.165) is 11.8 Å². The van der Waals surface area contributed by atoms with Crippen LogP contribution in [0.3, 0.4) is 0 Å². The standard InChI is InChI=1S/C24H43NO8S/c1-10-24(7,20(29)33-15-16(2)26)14-17(18(27)25-23(5,6)21(30)34-9)13-22(3,4)19(28)32-12-11-31-8/h16-17,26H,10-15H2,1-9H3,(H,25,27). The zero-order chi connectivity index (χ0) is 26.7. The molecule has 0 fully saturated rings. The lowest BCUT2D eigenvalue weighted by Gasteiger charge is -2.35. The van der Waals surface area contributed by atoms with Crippen molar-refractivity contribution in [3.05, 3.63) is 0 Å². The van der Waals surface area contributed by atoms with Crippen molar-refractivity contribution < 1.29 is 38.5 Å². The Morgan fingerprint density at radius 1 is 0.971 bits per heavy atom. The molecule has 2 N–H and O–H groups in total. The first-order valence-electron chi connectivity index (χ1n) is 11.5. The molecule has 0 heterocycles. The number of carbonyl (C=O) groups excluding carboxylic acids is 4. The molecule has 3 unspecified atom stereocenters. The Balaban J connectivity index is 5.91. The maximum absolute atomic E-state index is 13.4. The number of hydrogen-bond donors (Lipinski definition) is 2. The number of methoxy groups -OCH3 is 1. The van der Waals surface area contributed by atoms with Gasteiger partial charge in [0.25, 0.3) is 0 Å². The zero-order valence-electron chi connectivity index (χ0n) is 22.1. The fourth-order valence-corrected chi connectivity index (χ4v) is 3.93. The van der Waals surface area contributed by atoms with Gasteiger partial charge in [-0.25, -0.2) is 0 Å². The Hall–Kier alpha value is -1.65. The largest absolute Gasteiger partial charge is 0.463 e. The average Bonchev–Trinajstić information content (AvgIpc) is 2.75. The molecule has 0 saturated carbocycles. The van der Waals surface area contributed by atoms with Crippen molar-refractivity contribution in [3.63, 3.8) is 0 Å². The molecule has 10 heteroatoms. The van der Waals surface area contributed by atoms with Gasteiger partial charge < -0.3 is 24.6 Å². The lowest BCUT2D eigenvalue weighted by molar-refractivity contribution is -0.160. The minimum atomic E-state index is -1.13. The van der Waals surface area contributed by atoms with Gasteiger partial charge in [-0.1, -0.05) is 18.7 Å². The van der Waals surface area contributed by atoms with Gasteiger partial charge in [-0.15, -0.1) is 0 Å². The fraction of sp³-hybridized carbons (Fsp3) is 0.833. The van der Waals surface area contributed by atoms with E-state index >= 15 is 0 Å². The zero-order valence-corrected chi connectivity index (χ0v) is 22.9. The summed E-state index contributed by atoms with van der Waals surface area (Å²) in [6, 6.07) is 0. The summed E-state index contributed by atoms with van der Waals surface area (Å²) in [5, 5.41) is 12.0. The van der Waals surface area contributed by atoms with Gasteiger partial charge in [0, 0.05) is 13.0 Å². The molecule has 0 rings (SSSR count). The number of thioether (sulfide) groups is 1. The van der Waals surface area contributed by atoms with Gasteiger partial charge in [-0.2, -0.15) is 0 Å². The van der Waals surface area contributed by atoms with Crippen molar-refractivity contribution >= 4 is 34.7 Å². The molecular formula is C24H43NO8S. The molecule has 0 spiro atoms. The molecule has 0 aliphatic heterocycles. The van der Waals surface area contributed by atoms with Crippen molar-refractivity contribution in [3.8, 4) is 0 Å². The van der Waals surface area contributed by atoms with Crippen LogP contribution in [0, 0.1) is 16.7 Å². The Morgan fingerprint density at radius 2 is 1.56 bits per heavy atom. The van der Waals surface area contributed by atoms with Crippen LogP contribution in [0.4, 0.5) is 0 Å². The second kappa shape index (κ2) is 14.0. The number of hydrogen-bond acceptors (Lipinski definition) is 9. The maximum atomic E-state index is 13.4. The van der Waals surface area contributed by atoms with Crippen LogP contribution in [0.2, 0.25) is 0 Å². The minimum Gasteiger partial charge on any atom is -0.463 e. The smallest absolute Gasteiger partial charge is 0.311 e. The van der Waals surface area contributed by atoms with Gasteiger partial charge in [-0.3, -0.25) is 19.2 Å². The van der Waals surface area contributed by atoms with Crippen molar-refractivity contribution in [2.75, 3.05) is 33.2 Å². The van der Waals surface area contributed by atoms with Crippen LogP contribution in [0.1, 0.15) is 67.7 Å². The highest BCUT2D eigenvalue weighted by molar-refractivity contribution is 8.13. The Bertz CT molecular complexity index is 707. The van der Waals surface area contributed by atoms with E-state index in [2.05, 4.69) is 5.32 Å². The fourth-order valence-electron chi connectivity index (χ4n) is 3.37. The number of ether oxygens (including phenoxy) is 3. The van der Waals surface area contributed by atoms with Crippen molar-refractivity contribution in [1.82, 2.24) is 5.32 Å². The van der Waals surface area contributed by atoms with Crippen LogP contribution in [-0.2, 0) is 33.4 Å². The number of rotatable bonds is 15. The summed E-state index contributed by atoms with van der Waals surface area (Å²) >= 11 is 1.01. The average molecular weight is 506 g/mol. The number of carbonyl (C=O) groups is 4. The molecule has 0 saturated heterocycles. The SMILES string of the molecule is CCC(C)(CC(CC(C)(C)C(=O)OCCOC)C(=O)NC(C)(C)C(=O)SC)C(=O)OCC(C)O. The Kier molecular flexibility index (Phi) is 13.4. The van der Waals surface area contributed by atoms with E-state index < -0.39 is 46.2 Å². The molecule has 0 radical (unpaired) electrons. The first-order valence-corrected chi connectivity index (χ1v) is 12.7. The lowest BCUT2D eigenvalue weighted by Crippen LogP contribution is -2.52. The molecule has 0 aromatic heterocycles. The van der Waals surface area contributed by atoms with Gasteiger partial charge in [-0.05, 0) is 67.1 Å². The van der Waals surface area contributed by atoms with Crippen LogP contribution in [0.25, 0.3) is 0 Å². The van der Waals surface area contributed by atoms with Crippen LogP contribution in [0.5, 0.6) is 0 Å². The van der Waals surface area contributed by atoms with E-state index in [1.165, 1.54) is 14.0 Å². The maximum Gasteiger partial charge on any atom is 0.311 e. The summed E-state index contributed by atoms with van der Waals surface area (Å²) < 4.78 is 15.5. The molecule has 9 nitrogen and oxygen atoms in total. The van der Waals surface area contributed by atoms with Crippen molar-refractivity contribution in [1.29, 1.82) is 0 Å². The molecular weight excluding hydrogens is 462 g/mol. The second-order valence-corrected chi connectivity index (χ2v) is 10.9. The van der Waals surface area contributed by atoms with Gasteiger partial charge in [0.2, 0.25) is 11.0 Å². The molecule has 198 valence electrons. The number of esters is 2. The van der Waals surface area contributed by atoms with Gasteiger partial charge in [0.1, 0.15) is 18.8 Å². The Labute approximate surface area is 208 Å². The van der Waals surface area contributed by atoms with E-state index in [4.69, 9.17) is 14.2 Å². The monoisotopic (exact) mass is 505 g/mol. The van der Waals surface area contributed by atoms with E-state index in [-0.39, 0.29) is 37.8 Å². The lowest BCUT2D eigenvalue weighted by atomic mass is 9.72. The molecule has 3 atom stereocenters.